The normalized spacial score (nSPS) is 15.6. The topological polar surface area (TPSA) is 64.6 Å². The summed E-state index contributed by atoms with van der Waals surface area (Å²) in [4.78, 5) is 12.8. The average Bonchev–Trinajstić information content (AvgIpc) is 2.11. The van der Waals surface area contributed by atoms with Crippen LogP contribution in [-0.4, -0.2) is 68.0 Å². The van der Waals surface area contributed by atoms with E-state index in [0.29, 0.717) is 6.54 Å². The summed E-state index contributed by atoms with van der Waals surface area (Å²) in [6, 6.07) is 0. The highest BCUT2D eigenvalue weighted by molar-refractivity contribution is 5.78. The molecule has 18 heavy (non-hydrogen) atoms. The van der Waals surface area contributed by atoms with E-state index in [4.69, 9.17) is 0 Å². The molecule has 0 spiro atoms. The standard InChI is InChI=1S/C10H20F3N3O2/c1-9(18,7-16(2)3)5-14-4-8(17)15-6-10(11,12)13/h14,18H,4-7H2,1-3H3,(H,15,17). The van der Waals surface area contributed by atoms with Crippen molar-refractivity contribution in [3.63, 3.8) is 0 Å². The van der Waals surface area contributed by atoms with Crippen molar-refractivity contribution in [2.75, 3.05) is 40.3 Å². The van der Waals surface area contributed by atoms with Crippen LogP contribution in [0, 0.1) is 0 Å². The molecule has 0 saturated heterocycles. The molecule has 1 amide bonds. The summed E-state index contributed by atoms with van der Waals surface area (Å²) in [5.41, 5.74) is -1.05. The Balaban J connectivity index is 3.80. The Labute approximate surface area is 104 Å². The second kappa shape index (κ2) is 6.91. The van der Waals surface area contributed by atoms with Crippen LogP contribution >= 0.6 is 0 Å². The lowest BCUT2D eigenvalue weighted by atomic mass is 10.1. The number of likely N-dealkylation sites (N-methyl/N-ethyl adjacent to an activating group) is 1. The van der Waals surface area contributed by atoms with Crippen LogP contribution in [0.25, 0.3) is 0 Å². The molecule has 0 aromatic rings. The zero-order chi connectivity index (χ0) is 14.4. The van der Waals surface area contributed by atoms with E-state index >= 15 is 0 Å². The number of carbonyl (C=O) groups is 1. The highest BCUT2D eigenvalue weighted by Gasteiger charge is 2.27. The molecule has 3 N–H and O–H groups in total. The van der Waals surface area contributed by atoms with Crippen molar-refractivity contribution >= 4 is 5.91 Å². The first kappa shape index (κ1) is 17.1. The first-order chi connectivity index (χ1) is 8.02. The van der Waals surface area contributed by atoms with Gasteiger partial charge < -0.3 is 20.6 Å². The van der Waals surface area contributed by atoms with Gasteiger partial charge in [-0.25, -0.2) is 0 Å². The molecule has 0 aliphatic carbocycles. The summed E-state index contributed by atoms with van der Waals surface area (Å²) in [5.74, 6) is -0.757. The molecule has 0 radical (unpaired) electrons. The largest absolute Gasteiger partial charge is 0.405 e. The first-order valence-corrected chi connectivity index (χ1v) is 5.43. The van der Waals surface area contributed by atoms with Crippen LogP contribution in [-0.2, 0) is 4.79 Å². The summed E-state index contributed by atoms with van der Waals surface area (Å²) < 4.78 is 35.4. The highest BCUT2D eigenvalue weighted by Crippen LogP contribution is 2.11. The number of aliphatic hydroxyl groups is 1. The van der Waals surface area contributed by atoms with Gasteiger partial charge in [-0.15, -0.1) is 0 Å². The molecule has 5 nitrogen and oxygen atoms in total. The molecular formula is C10H20F3N3O2. The van der Waals surface area contributed by atoms with Gasteiger partial charge in [-0.3, -0.25) is 4.79 Å². The van der Waals surface area contributed by atoms with Gasteiger partial charge in [0.2, 0.25) is 5.91 Å². The summed E-state index contributed by atoms with van der Waals surface area (Å²) in [6.45, 7) is 0.462. The van der Waals surface area contributed by atoms with Crippen molar-refractivity contribution in [1.29, 1.82) is 0 Å². The third-order valence-electron chi connectivity index (χ3n) is 1.93. The van der Waals surface area contributed by atoms with E-state index in [-0.39, 0.29) is 13.1 Å². The quantitative estimate of drug-likeness (QED) is 0.588. The van der Waals surface area contributed by atoms with Crippen molar-refractivity contribution in [2.45, 2.75) is 18.7 Å². The fraction of sp³-hybridized carbons (Fsp3) is 0.900. The average molecular weight is 271 g/mol. The maximum atomic E-state index is 11.8. The van der Waals surface area contributed by atoms with Gasteiger partial charge >= 0.3 is 6.18 Å². The maximum Gasteiger partial charge on any atom is 0.405 e. The van der Waals surface area contributed by atoms with Crippen LogP contribution in [0.2, 0.25) is 0 Å². The lowest BCUT2D eigenvalue weighted by Crippen LogP contribution is -2.48. The molecular weight excluding hydrogens is 251 g/mol. The van der Waals surface area contributed by atoms with E-state index in [9.17, 15) is 23.1 Å². The van der Waals surface area contributed by atoms with E-state index in [1.54, 1.807) is 31.2 Å². The Kier molecular flexibility index (Phi) is 6.58. The Morgan fingerprint density at radius 2 is 1.83 bits per heavy atom. The van der Waals surface area contributed by atoms with E-state index in [1.165, 1.54) is 0 Å². The number of nitrogens with zero attached hydrogens (tertiary/aromatic N) is 1. The molecule has 1 unspecified atom stereocenters. The number of carbonyl (C=O) groups excluding carboxylic acids is 1. The zero-order valence-electron chi connectivity index (χ0n) is 10.8. The third kappa shape index (κ3) is 10.3. The van der Waals surface area contributed by atoms with Gasteiger partial charge in [0.1, 0.15) is 6.54 Å². The van der Waals surface area contributed by atoms with Crippen LogP contribution in [0.4, 0.5) is 13.2 Å². The smallest absolute Gasteiger partial charge is 0.388 e. The van der Waals surface area contributed by atoms with Crippen LogP contribution in [0.5, 0.6) is 0 Å². The third-order valence-corrected chi connectivity index (χ3v) is 1.93. The van der Waals surface area contributed by atoms with Gasteiger partial charge in [0.25, 0.3) is 0 Å². The summed E-state index contributed by atoms with van der Waals surface area (Å²) >= 11 is 0. The van der Waals surface area contributed by atoms with Gasteiger partial charge in [-0.05, 0) is 21.0 Å². The lowest BCUT2D eigenvalue weighted by molar-refractivity contribution is -0.138. The van der Waals surface area contributed by atoms with E-state index in [2.05, 4.69) is 5.32 Å². The highest BCUT2D eigenvalue weighted by atomic mass is 19.4. The first-order valence-electron chi connectivity index (χ1n) is 5.43. The fourth-order valence-corrected chi connectivity index (χ4v) is 1.44. The predicted molar refractivity (Wildman–Crippen MR) is 61.1 cm³/mol. The number of alkyl halides is 3. The number of rotatable bonds is 7. The minimum absolute atomic E-state index is 0.116. The van der Waals surface area contributed by atoms with Gasteiger partial charge in [0.15, 0.2) is 0 Å². The second-order valence-electron chi connectivity index (χ2n) is 4.73. The Bertz CT molecular complexity index is 268. The van der Waals surface area contributed by atoms with Crippen molar-refractivity contribution in [3.05, 3.63) is 0 Å². The van der Waals surface area contributed by atoms with Crippen LogP contribution in [0.3, 0.4) is 0 Å². The lowest BCUT2D eigenvalue weighted by Gasteiger charge is -2.27. The van der Waals surface area contributed by atoms with Gasteiger partial charge in [-0.2, -0.15) is 13.2 Å². The number of nitrogens with one attached hydrogen (secondary N) is 2. The van der Waals surface area contributed by atoms with Crippen molar-refractivity contribution < 1.29 is 23.1 Å². The van der Waals surface area contributed by atoms with Crippen LogP contribution in [0.15, 0.2) is 0 Å². The monoisotopic (exact) mass is 271 g/mol. The summed E-state index contributed by atoms with van der Waals surface area (Å²) in [7, 11) is 3.56. The number of amides is 1. The molecule has 1 atom stereocenters. The van der Waals surface area contributed by atoms with Gasteiger partial charge in [0.05, 0.1) is 12.1 Å². The van der Waals surface area contributed by atoms with E-state index < -0.39 is 24.2 Å². The summed E-state index contributed by atoms with van der Waals surface area (Å²) in [5, 5.41) is 14.2. The van der Waals surface area contributed by atoms with Crippen molar-refractivity contribution in [2.24, 2.45) is 0 Å². The molecule has 108 valence electrons. The molecule has 0 fully saturated rings. The zero-order valence-corrected chi connectivity index (χ0v) is 10.8. The number of halogens is 3. The summed E-state index contributed by atoms with van der Waals surface area (Å²) in [6.07, 6.45) is -4.41. The van der Waals surface area contributed by atoms with E-state index in [1.807, 2.05) is 0 Å². The van der Waals surface area contributed by atoms with Gasteiger partial charge in [0, 0.05) is 13.1 Å². The molecule has 0 saturated carbocycles. The molecule has 0 aromatic carbocycles. The Morgan fingerprint density at radius 1 is 1.28 bits per heavy atom. The second-order valence-corrected chi connectivity index (χ2v) is 4.73. The molecule has 8 heteroatoms. The molecule has 0 bridgehead atoms. The molecule has 0 heterocycles. The minimum atomic E-state index is -4.41. The Morgan fingerprint density at radius 3 is 2.28 bits per heavy atom. The molecule has 0 aromatic heterocycles. The maximum absolute atomic E-state index is 11.8. The van der Waals surface area contributed by atoms with Crippen LogP contribution in [0.1, 0.15) is 6.92 Å². The SMILES string of the molecule is CN(C)CC(C)(O)CNCC(=O)NCC(F)(F)F. The van der Waals surface area contributed by atoms with Crippen LogP contribution < -0.4 is 10.6 Å². The molecule has 0 rings (SSSR count). The Hall–Kier alpha value is -0.860. The molecule has 0 aliphatic heterocycles. The number of hydrogen-bond donors (Lipinski definition) is 3. The number of hydrogen-bond acceptors (Lipinski definition) is 4. The minimum Gasteiger partial charge on any atom is -0.388 e. The predicted octanol–water partition coefficient (Wildman–Crippen LogP) is -0.433. The fourth-order valence-electron chi connectivity index (χ4n) is 1.44. The van der Waals surface area contributed by atoms with Gasteiger partial charge in [-0.1, -0.05) is 0 Å². The van der Waals surface area contributed by atoms with Crippen molar-refractivity contribution in [1.82, 2.24) is 15.5 Å². The molecule has 0 aliphatic rings. The van der Waals surface area contributed by atoms with E-state index in [0.717, 1.165) is 0 Å². The van der Waals surface area contributed by atoms with Crippen molar-refractivity contribution in [3.8, 4) is 0 Å².